The Hall–Kier alpha value is -3.46. The van der Waals surface area contributed by atoms with E-state index in [0.717, 1.165) is 78.6 Å². The molecule has 8 nitrogen and oxygen atoms in total. The lowest BCUT2D eigenvalue weighted by Gasteiger charge is -2.23. The van der Waals surface area contributed by atoms with Crippen LogP contribution in [0.25, 0.3) is 11.1 Å². The first-order valence-corrected chi connectivity index (χ1v) is 15.2. The number of hydrogen-bond donors (Lipinski definition) is 1. The Labute approximate surface area is 238 Å². The van der Waals surface area contributed by atoms with Crippen LogP contribution < -0.4 is 9.46 Å². The molecule has 1 atom stereocenters. The Morgan fingerprint density at radius 1 is 1.12 bits per heavy atom. The molecule has 1 unspecified atom stereocenters. The lowest BCUT2D eigenvalue weighted by atomic mass is 9.97. The number of methoxy groups -OCH3 is 1. The van der Waals surface area contributed by atoms with Crippen molar-refractivity contribution in [3.8, 4) is 16.9 Å². The summed E-state index contributed by atoms with van der Waals surface area (Å²) in [7, 11) is -0.0201. The number of ether oxygens (including phenoxy) is 1. The zero-order chi connectivity index (χ0) is 28.4. The highest BCUT2D eigenvalue weighted by Gasteiger charge is 2.49. The van der Waals surface area contributed by atoms with Crippen molar-refractivity contribution < 1.29 is 18.3 Å². The first-order chi connectivity index (χ1) is 19.3. The largest absolute Gasteiger partial charge is 0.497 e. The SMILES string of the molecule is CCCCC1=NC2(CCCC2)C(=O)N1Cc1ccc(-c2ccc(OC)cc2S(=O)Nc2noc(C)c2C)cc1C. The van der Waals surface area contributed by atoms with Crippen LogP contribution >= 0.6 is 0 Å². The third-order valence-corrected chi connectivity index (χ3v) is 9.32. The van der Waals surface area contributed by atoms with Gasteiger partial charge in [-0.3, -0.25) is 19.4 Å². The van der Waals surface area contributed by atoms with Gasteiger partial charge in [-0.1, -0.05) is 49.5 Å². The third-order valence-electron chi connectivity index (χ3n) is 8.20. The quantitative estimate of drug-likeness (QED) is 0.298. The maximum atomic E-state index is 13.6. The standard InChI is InChI=1S/C31H38N4O4S/c1-6-7-10-28-32-31(15-8-9-16-31)30(36)35(28)19-24-12-11-23(17-20(24)2)26-14-13-25(38-5)18-27(26)40(37)34-29-21(3)22(4)39-33-29/h11-14,17-18H,6-10,15-16,19H2,1-5H3,(H,33,34). The predicted octanol–water partition coefficient (Wildman–Crippen LogP) is 6.65. The zero-order valence-electron chi connectivity index (χ0n) is 24.0. The molecule has 1 spiro atoms. The van der Waals surface area contributed by atoms with E-state index in [0.29, 0.717) is 28.8 Å². The molecule has 3 aromatic rings. The predicted molar refractivity (Wildman–Crippen MR) is 158 cm³/mol. The number of unbranched alkanes of at least 4 members (excludes halogenated alkanes) is 1. The van der Waals surface area contributed by atoms with Gasteiger partial charge in [-0.25, -0.2) is 4.21 Å². The van der Waals surface area contributed by atoms with Crippen LogP contribution in [0.5, 0.6) is 5.75 Å². The summed E-state index contributed by atoms with van der Waals surface area (Å²) in [4.78, 5) is 21.2. The van der Waals surface area contributed by atoms with Crippen LogP contribution in [0.1, 0.15) is 74.3 Å². The second kappa shape index (κ2) is 11.6. The molecule has 40 heavy (non-hydrogen) atoms. The van der Waals surface area contributed by atoms with Gasteiger partial charge in [0.15, 0.2) is 16.8 Å². The molecule has 0 saturated heterocycles. The fourth-order valence-electron chi connectivity index (χ4n) is 5.59. The van der Waals surface area contributed by atoms with E-state index in [1.165, 1.54) is 0 Å². The van der Waals surface area contributed by atoms with E-state index in [2.05, 4.69) is 35.9 Å². The maximum Gasteiger partial charge on any atom is 0.256 e. The number of benzene rings is 2. The average molecular weight is 563 g/mol. The molecule has 9 heteroatoms. The number of rotatable bonds is 10. The van der Waals surface area contributed by atoms with Crippen LogP contribution in [0.3, 0.4) is 0 Å². The highest BCUT2D eigenvalue weighted by Crippen LogP contribution is 2.40. The summed E-state index contributed by atoms with van der Waals surface area (Å²) in [6, 6.07) is 11.8. The van der Waals surface area contributed by atoms with Crippen molar-refractivity contribution in [1.82, 2.24) is 10.1 Å². The molecular weight excluding hydrogens is 524 g/mol. The number of amides is 1. The molecular formula is C31H38N4O4S. The normalized spacial score (nSPS) is 17.0. The van der Waals surface area contributed by atoms with Gasteiger partial charge in [-0.15, -0.1) is 0 Å². The molecule has 1 aliphatic heterocycles. The van der Waals surface area contributed by atoms with Crippen LogP contribution in [0, 0.1) is 20.8 Å². The van der Waals surface area contributed by atoms with Crippen LogP contribution in [-0.2, 0) is 22.3 Å². The summed E-state index contributed by atoms with van der Waals surface area (Å²) in [6.45, 7) is 8.44. The van der Waals surface area contributed by atoms with Crippen molar-refractivity contribution in [3.05, 3.63) is 58.8 Å². The van der Waals surface area contributed by atoms with Gasteiger partial charge in [-0.05, 0) is 80.5 Å². The third kappa shape index (κ3) is 5.31. The minimum Gasteiger partial charge on any atom is -0.497 e. The van der Waals surface area contributed by atoms with Crippen LogP contribution in [0.15, 0.2) is 50.8 Å². The molecule has 0 bridgehead atoms. The first-order valence-electron chi connectivity index (χ1n) is 14.1. The second-order valence-corrected chi connectivity index (χ2v) is 12.0. The van der Waals surface area contributed by atoms with E-state index in [1.54, 1.807) is 13.2 Å². The highest BCUT2D eigenvalue weighted by molar-refractivity contribution is 7.86. The van der Waals surface area contributed by atoms with Gasteiger partial charge < -0.3 is 9.26 Å². The van der Waals surface area contributed by atoms with Crippen molar-refractivity contribution in [3.63, 3.8) is 0 Å². The summed E-state index contributed by atoms with van der Waals surface area (Å²) in [5.74, 6) is 2.84. The fraction of sp³-hybridized carbons (Fsp3) is 0.452. The number of amidine groups is 1. The monoisotopic (exact) mass is 562 g/mol. The molecule has 0 radical (unpaired) electrons. The Balaban J connectivity index is 1.43. The second-order valence-electron chi connectivity index (χ2n) is 10.8. The van der Waals surface area contributed by atoms with E-state index in [-0.39, 0.29) is 5.91 Å². The van der Waals surface area contributed by atoms with Crippen molar-refractivity contribution in [2.45, 2.75) is 89.6 Å². The molecule has 1 fully saturated rings. The first kappa shape index (κ1) is 28.1. The lowest BCUT2D eigenvalue weighted by Crippen LogP contribution is -2.40. The highest BCUT2D eigenvalue weighted by atomic mass is 32.2. The molecule has 5 rings (SSSR count). The van der Waals surface area contributed by atoms with Gasteiger partial charge >= 0.3 is 0 Å². The maximum absolute atomic E-state index is 13.6. The van der Waals surface area contributed by atoms with E-state index in [4.69, 9.17) is 14.3 Å². The topological polar surface area (TPSA) is 97.0 Å². The number of hydrogen-bond acceptors (Lipinski definition) is 6. The Morgan fingerprint density at radius 2 is 1.90 bits per heavy atom. The van der Waals surface area contributed by atoms with Crippen molar-refractivity contribution >= 4 is 28.5 Å². The lowest BCUT2D eigenvalue weighted by molar-refractivity contribution is -0.131. The van der Waals surface area contributed by atoms with Gasteiger partial charge in [0.2, 0.25) is 0 Å². The summed E-state index contributed by atoms with van der Waals surface area (Å²) in [6.07, 6.45) is 6.76. The average Bonchev–Trinajstić information content (AvgIpc) is 3.63. The number of aromatic nitrogens is 1. The summed E-state index contributed by atoms with van der Waals surface area (Å²) in [5, 5.41) is 4.01. The number of aryl methyl sites for hydroxylation is 2. The van der Waals surface area contributed by atoms with Gasteiger partial charge in [0.25, 0.3) is 5.91 Å². The summed E-state index contributed by atoms with van der Waals surface area (Å²) >= 11 is 0. The number of carbonyl (C=O) groups is 1. The van der Waals surface area contributed by atoms with E-state index in [1.807, 2.05) is 36.9 Å². The van der Waals surface area contributed by atoms with Crippen LogP contribution in [0.4, 0.5) is 5.82 Å². The Kier molecular flexibility index (Phi) is 8.12. The smallest absolute Gasteiger partial charge is 0.256 e. The molecule has 2 aliphatic rings. The molecule has 1 aromatic heterocycles. The van der Waals surface area contributed by atoms with E-state index in [9.17, 15) is 9.00 Å². The minimum absolute atomic E-state index is 0.164. The fourth-order valence-corrected chi connectivity index (χ4v) is 6.67. The molecule has 1 N–H and O–H groups in total. The van der Waals surface area contributed by atoms with Crippen LogP contribution in [-0.4, -0.2) is 38.7 Å². The Morgan fingerprint density at radius 3 is 2.55 bits per heavy atom. The van der Waals surface area contributed by atoms with Crippen molar-refractivity contribution in [1.29, 1.82) is 0 Å². The number of carbonyl (C=O) groups excluding carboxylic acids is 1. The van der Waals surface area contributed by atoms with E-state index < -0.39 is 16.5 Å². The molecule has 1 aliphatic carbocycles. The van der Waals surface area contributed by atoms with Crippen molar-refractivity contribution in [2.24, 2.45) is 4.99 Å². The zero-order valence-corrected chi connectivity index (χ0v) is 24.8. The number of anilines is 1. The molecule has 1 amide bonds. The van der Waals surface area contributed by atoms with Gasteiger partial charge in [-0.2, -0.15) is 0 Å². The van der Waals surface area contributed by atoms with E-state index >= 15 is 0 Å². The van der Waals surface area contributed by atoms with Gasteiger partial charge in [0.1, 0.15) is 22.9 Å². The molecule has 2 heterocycles. The number of nitrogens with zero attached hydrogens (tertiary/aromatic N) is 3. The van der Waals surface area contributed by atoms with Gasteiger partial charge in [0.05, 0.1) is 18.6 Å². The van der Waals surface area contributed by atoms with Crippen LogP contribution in [0.2, 0.25) is 0 Å². The number of aliphatic imine (C=N–C) groups is 1. The molecule has 2 aromatic carbocycles. The summed E-state index contributed by atoms with van der Waals surface area (Å²) < 4.78 is 27.2. The van der Waals surface area contributed by atoms with Crippen molar-refractivity contribution in [2.75, 3.05) is 11.8 Å². The number of nitrogens with one attached hydrogen (secondary N) is 1. The summed E-state index contributed by atoms with van der Waals surface area (Å²) in [5.41, 5.74) is 4.19. The minimum atomic E-state index is -1.61. The molecule has 212 valence electrons. The Bertz CT molecular complexity index is 1470. The van der Waals surface area contributed by atoms with Gasteiger partial charge in [0, 0.05) is 12.0 Å². The molecule has 1 saturated carbocycles.